The fourth-order valence-electron chi connectivity index (χ4n) is 1.89. The van der Waals surface area contributed by atoms with Crippen LogP contribution in [0.3, 0.4) is 0 Å². The molecule has 23 heavy (non-hydrogen) atoms. The van der Waals surface area contributed by atoms with Gasteiger partial charge >= 0.3 is 0 Å². The second-order valence-corrected chi connectivity index (χ2v) is 6.68. The minimum absolute atomic E-state index is 0.143. The van der Waals surface area contributed by atoms with Crippen LogP contribution >= 0.6 is 15.9 Å². The highest BCUT2D eigenvalue weighted by Crippen LogP contribution is 2.22. The number of amides is 1. The van der Waals surface area contributed by atoms with E-state index in [4.69, 9.17) is 0 Å². The lowest BCUT2D eigenvalue weighted by Gasteiger charge is -2.08. The van der Waals surface area contributed by atoms with Gasteiger partial charge in [0.1, 0.15) is 0 Å². The summed E-state index contributed by atoms with van der Waals surface area (Å²) < 4.78 is 1.02. The standard InChI is InChI=1S/C17H21BrN4O/c1-11(2)6-7-19-16(23)13-9-20-17(21-10-13)22-14-5-4-12(3)15(18)8-14/h4-5,8-11H,6-7H2,1-3H3,(H,19,23)(H,20,21,22). The summed E-state index contributed by atoms with van der Waals surface area (Å²) in [6.07, 6.45) is 4.01. The number of nitrogens with one attached hydrogen (secondary N) is 2. The van der Waals surface area contributed by atoms with E-state index in [-0.39, 0.29) is 5.91 Å². The summed E-state index contributed by atoms with van der Waals surface area (Å²) in [5.74, 6) is 0.877. The van der Waals surface area contributed by atoms with Crippen molar-refractivity contribution in [3.8, 4) is 0 Å². The molecule has 0 aliphatic carbocycles. The number of nitrogens with zero attached hydrogens (tertiary/aromatic N) is 2. The number of benzene rings is 1. The summed E-state index contributed by atoms with van der Waals surface area (Å²) in [5.41, 5.74) is 2.51. The highest BCUT2D eigenvalue weighted by molar-refractivity contribution is 9.10. The van der Waals surface area contributed by atoms with Gasteiger partial charge < -0.3 is 10.6 Å². The SMILES string of the molecule is Cc1ccc(Nc2ncc(C(=O)NCCC(C)C)cn2)cc1Br. The van der Waals surface area contributed by atoms with Crippen LogP contribution in [0.25, 0.3) is 0 Å². The zero-order chi connectivity index (χ0) is 16.8. The Morgan fingerprint density at radius 1 is 1.26 bits per heavy atom. The average Bonchev–Trinajstić information content (AvgIpc) is 2.51. The molecule has 0 saturated heterocycles. The topological polar surface area (TPSA) is 66.9 Å². The van der Waals surface area contributed by atoms with Crippen molar-refractivity contribution in [3.05, 3.63) is 46.2 Å². The molecule has 0 aliphatic heterocycles. The molecule has 2 aromatic rings. The van der Waals surface area contributed by atoms with E-state index in [2.05, 4.69) is 50.4 Å². The molecular formula is C17H21BrN4O. The lowest BCUT2D eigenvalue weighted by molar-refractivity contribution is 0.0951. The predicted molar refractivity (Wildman–Crippen MR) is 96.0 cm³/mol. The summed E-state index contributed by atoms with van der Waals surface area (Å²) in [6.45, 7) is 6.93. The summed E-state index contributed by atoms with van der Waals surface area (Å²) in [5, 5.41) is 5.98. The van der Waals surface area contributed by atoms with Crippen LogP contribution in [0.15, 0.2) is 35.1 Å². The summed E-state index contributed by atoms with van der Waals surface area (Å²) in [4.78, 5) is 20.3. The van der Waals surface area contributed by atoms with Crippen molar-refractivity contribution in [2.24, 2.45) is 5.92 Å². The minimum atomic E-state index is -0.143. The number of hydrogen-bond acceptors (Lipinski definition) is 4. The van der Waals surface area contributed by atoms with Gasteiger partial charge in [-0.2, -0.15) is 0 Å². The summed E-state index contributed by atoms with van der Waals surface area (Å²) in [7, 11) is 0. The minimum Gasteiger partial charge on any atom is -0.352 e. The van der Waals surface area contributed by atoms with Crippen LogP contribution in [0.4, 0.5) is 11.6 Å². The molecule has 0 spiro atoms. The molecule has 0 bridgehead atoms. The van der Waals surface area contributed by atoms with Gasteiger partial charge in [-0.3, -0.25) is 4.79 Å². The van der Waals surface area contributed by atoms with Crippen LogP contribution in [0, 0.1) is 12.8 Å². The molecule has 2 N–H and O–H groups in total. The second-order valence-electron chi connectivity index (χ2n) is 5.82. The molecule has 6 heteroatoms. The normalized spacial score (nSPS) is 10.7. The average molecular weight is 377 g/mol. The lowest BCUT2D eigenvalue weighted by Crippen LogP contribution is -2.25. The number of rotatable bonds is 6. The molecule has 5 nitrogen and oxygen atoms in total. The largest absolute Gasteiger partial charge is 0.352 e. The van der Waals surface area contributed by atoms with Gasteiger partial charge in [-0.15, -0.1) is 0 Å². The van der Waals surface area contributed by atoms with E-state index in [1.165, 1.54) is 12.4 Å². The van der Waals surface area contributed by atoms with E-state index < -0.39 is 0 Å². The third-order valence-corrected chi connectivity index (χ3v) is 4.20. The monoisotopic (exact) mass is 376 g/mol. The number of aromatic nitrogens is 2. The number of hydrogen-bond donors (Lipinski definition) is 2. The molecule has 0 unspecified atom stereocenters. The van der Waals surface area contributed by atoms with E-state index in [1.54, 1.807) is 0 Å². The van der Waals surface area contributed by atoms with E-state index in [9.17, 15) is 4.79 Å². The van der Waals surface area contributed by atoms with E-state index in [0.717, 1.165) is 22.1 Å². The van der Waals surface area contributed by atoms with E-state index in [1.807, 2.05) is 25.1 Å². The van der Waals surface area contributed by atoms with Crippen LogP contribution in [0.5, 0.6) is 0 Å². The maximum absolute atomic E-state index is 12.0. The summed E-state index contributed by atoms with van der Waals surface area (Å²) >= 11 is 3.49. The van der Waals surface area contributed by atoms with Crippen LogP contribution in [-0.2, 0) is 0 Å². The van der Waals surface area contributed by atoms with Crippen LogP contribution in [0.1, 0.15) is 36.2 Å². The van der Waals surface area contributed by atoms with Crippen molar-refractivity contribution < 1.29 is 4.79 Å². The first-order valence-electron chi connectivity index (χ1n) is 7.59. The third kappa shape index (κ3) is 5.32. The zero-order valence-corrected chi connectivity index (χ0v) is 15.1. The highest BCUT2D eigenvalue weighted by Gasteiger charge is 2.07. The maximum Gasteiger partial charge on any atom is 0.254 e. The zero-order valence-electron chi connectivity index (χ0n) is 13.6. The third-order valence-electron chi connectivity index (χ3n) is 3.35. The maximum atomic E-state index is 12.0. The molecule has 0 atom stereocenters. The Hall–Kier alpha value is -1.95. The van der Waals surface area contributed by atoms with Gasteiger partial charge in [0.15, 0.2) is 0 Å². The quantitative estimate of drug-likeness (QED) is 0.797. The molecule has 0 aliphatic rings. The first kappa shape index (κ1) is 17.4. The Morgan fingerprint density at radius 2 is 1.96 bits per heavy atom. The Balaban J connectivity index is 1.96. The molecule has 1 amide bonds. The van der Waals surface area contributed by atoms with Crippen molar-refractivity contribution in [3.63, 3.8) is 0 Å². The van der Waals surface area contributed by atoms with Gasteiger partial charge in [0, 0.05) is 29.1 Å². The van der Waals surface area contributed by atoms with Crippen molar-refractivity contribution in [1.29, 1.82) is 0 Å². The lowest BCUT2D eigenvalue weighted by atomic mass is 10.1. The molecule has 2 rings (SSSR count). The highest BCUT2D eigenvalue weighted by atomic mass is 79.9. The number of carbonyl (C=O) groups excluding carboxylic acids is 1. The molecule has 0 saturated carbocycles. The predicted octanol–water partition coefficient (Wildman–Crippen LogP) is 4.07. The van der Waals surface area contributed by atoms with Gasteiger partial charge in [0.2, 0.25) is 5.95 Å². The van der Waals surface area contributed by atoms with Crippen molar-refractivity contribution in [1.82, 2.24) is 15.3 Å². The molecule has 0 radical (unpaired) electrons. The fourth-order valence-corrected chi connectivity index (χ4v) is 2.26. The molecule has 1 aromatic heterocycles. The van der Waals surface area contributed by atoms with E-state index >= 15 is 0 Å². The first-order valence-corrected chi connectivity index (χ1v) is 8.38. The van der Waals surface area contributed by atoms with Gasteiger partial charge in [-0.1, -0.05) is 35.8 Å². The Morgan fingerprint density at radius 3 is 2.57 bits per heavy atom. The Kier molecular flexibility index (Phi) is 6.10. The molecule has 1 heterocycles. The molecule has 122 valence electrons. The van der Waals surface area contributed by atoms with Gasteiger partial charge in [0.25, 0.3) is 5.91 Å². The number of anilines is 2. The fraction of sp³-hybridized carbons (Fsp3) is 0.353. The van der Waals surface area contributed by atoms with Crippen molar-refractivity contribution in [2.75, 3.05) is 11.9 Å². The van der Waals surface area contributed by atoms with Crippen molar-refractivity contribution >= 4 is 33.5 Å². The Bertz CT molecular complexity index is 671. The smallest absolute Gasteiger partial charge is 0.254 e. The first-order chi connectivity index (χ1) is 11.0. The molecular weight excluding hydrogens is 356 g/mol. The van der Waals surface area contributed by atoms with Crippen LogP contribution in [-0.4, -0.2) is 22.4 Å². The van der Waals surface area contributed by atoms with E-state index in [0.29, 0.717) is 24.0 Å². The molecule has 1 aromatic carbocycles. The second kappa shape index (κ2) is 8.06. The number of aryl methyl sites for hydroxylation is 1. The Labute approximate surface area is 145 Å². The van der Waals surface area contributed by atoms with Crippen LogP contribution < -0.4 is 10.6 Å². The molecule has 0 fully saturated rings. The number of carbonyl (C=O) groups is 1. The van der Waals surface area contributed by atoms with Gasteiger partial charge in [-0.25, -0.2) is 9.97 Å². The summed E-state index contributed by atoms with van der Waals surface area (Å²) in [6, 6.07) is 5.92. The van der Waals surface area contributed by atoms with Gasteiger partial charge in [0.05, 0.1) is 5.56 Å². The van der Waals surface area contributed by atoms with Crippen molar-refractivity contribution in [2.45, 2.75) is 27.2 Å². The van der Waals surface area contributed by atoms with Gasteiger partial charge in [-0.05, 0) is 37.0 Å². The van der Waals surface area contributed by atoms with Crippen LogP contribution in [0.2, 0.25) is 0 Å². The number of halogens is 1.